The largest absolute Gasteiger partial charge is 0.434 e. The maximum absolute atomic E-state index is 6.36. The summed E-state index contributed by atoms with van der Waals surface area (Å²) < 4.78 is 35.8. The van der Waals surface area contributed by atoms with Crippen molar-refractivity contribution in [1.82, 2.24) is 0 Å². The van der Waals surface area contributed by atoms with Crippen LogP contribution in [0.3, 0.4) is 0 Å². The van der Waals surface area contributed by atoms with Gasteiger partial charge in [-0.2, -0.15) is 0 Å². The Balaban J connectivity index is 3.73. The van der Waals surface area contributed by atoms with Crippen LogP contribution in [0.5, 0.6) is 0 Å². The lowest BCUT2D eigenvalue weighted by Gasteiger charge is -2.55. The SMILES string of the molecule is C=CC1(C=C)C[Si](OC)(OC)[Si](OC)(OC)[Si](C=C)(OC)O1. The minimum atomic E-state index is -3.14. The highest BCUT2D eigenvalue weighted by Gasteiger charge is 2.82. The lowest BCUT2D eigenvalue weighted by Crippen LogP contribution is -2.88. The van der Waals surface area contributed by atoms with Crippen molar-refractivity contribution in [3.8, 4) is 0 Å². The van der Waals surface area contributed by atoms with E-state index in [0.717, 1.165) is 0 Å². The Labute approximate surface area is 135 Å². The number of hydrogen-bond donors (Lipinski definition) is 0. The van der Waals surface area contributed by atoms with Crippen LogP contribution in [0.1, 0.15) is 0 Å². The van der Waals surface area contributed by atoms with E-state index in [1.807, 2.05) is 0 Å². The van der Waals surface area contributed by atoms with E-state index in [-0.39, 0.29) is 0 Å². The van der Waals surface area contributed by atoms with E-state index in [9.17, 15) is 0 Å². The lowest BCUT2D eigenvalue weighted by molar-refractivity contribution is 0.0923. The van der Waals surface area contributed by atoms with Crippen LogP contribution in [-0.4, -0.2) is 64.9 Å². The monoisotopic (exact) mass is 362 g/mol. The van der Waals surface area contributed by atoms with E-state index in [1.165, 1.54) is 0 Å². The van der Waals surface area contributed by atoms with Gasteiger partial charge < -0.3 is 26.6 Å². The third kappa shape index (κ3) is 2.37. The molecule has 126 valence electrons. The van der Waals surface area contributed by atoms with Crippen LogP contribution >= 0.6 is 0 Å². The van der Waals surface area contributed by atoms with Crippen molar-refractivity contribution in [3.05, 3.63) is 37.6 Å². The summed E-state index contributed by atoms with van der Waals surface area (Å²) in [5, 5.41) is 0. The zero-order valence-corrected chi connectivity index (χ0v) is 17.0. The maximum Gasteiger partial charge on any atom is 0.434 e. The second-order valence-electron chi connectivity index (χ2n) is 4.90. The smallest absolute Gasteiger partial charge is 0.397 e. The quantitative estimate of drug-likeness (QED) is 0.482. The van der Waals surface area contributed by atoms with Crippen molar-refractivity contribution in [1.29, 1.82) is 0 Å². The molecule has 0 aromatic rings. The third-order valence-electron chi connectivity index (χ3n) is 4.31. The minimum Gasteiger partial charge on any atom is -0.397 e. The summed E-state index contributed by atoms with van der Waals surface area (Å²) in [6.45, 7) is 11.7. The van der Waals surface area contributed by atoms with E-state index in [1.54, 1.807) is 53.4 Å². The lowest BCUT2D eigenvalue weighted by atomic mass is 10.1. The molecule has 0 spiro atoms. The van der Waals surface area contributed by atoms with Gasteiger partial charge in [-0.25, -0.2) is 0 Å². The van der Waals surface area contributed by atoms with Crippen molar-refractivity contribution >= 4 is 23.8 Å². The predicted molar refractivity (Wildman–Crippen MR) is 91.5 cm³/mol. The average Bonchev–Trinajstić information content (AvgIpc) is 2.60. The van der Waals surface area contributed by atoms with Crippen LogP contribution in [0.15, 0.2) is 37.6 Å². The zero-order valence-electron chi connectivity index (χ0n) is 14.0. The molecule has 0 saturated carbocycles. The summed E-state index contributed by atoms with van der Waals surface area (Å²) in [7, 11) is -1.30. The molecule has 1 rings (SSSR count). The van der Waals surface area contributed by atoms with Gasteiger partial charge in [0.1, 0.15) is 0 Å². The fourth-order valence-electron chi connectivity index (χ4n) is 3.05. The Morgan fingerprint density at radius 1 is 0.864 bits per heavy atom. The summed E-state index contributed by atoms with van der Waals surface area (Å²) in [5.41, 5.74) is 0.842. The Morgan fingerprint density at radius 2 is 1.36 bits per heavy atom. The van der Waals surface area contributed by atoms with Gasteiger partial charge in [-0.1, -0.05) is 25.3 Å². The standard InChI is InChI=1S/C13H26O6Si3/c1-9-13(10-2)12-21(15-5,16-6)22(17-7,18-8)20(11-3,14-4)19-13/h9-11H,1-3,12H2,4-8H3. The molecule has 22 heavy (non-hydrogen) atoms. The van der Waals surface area contributed by atoms with Crippen molar-refractivity contribution < 1.29 is 26.6 Å². The van der Waals surface area contributed by atoms with Gasteiger partial charge in [0.05, 0.1) is 5.60 Å². The molecule has 1 aliphatic heterocycles. The first kappa shape index (κ1) is 19.7. The molecule has 0 aliphatic carbocycles. The molecule has 1 atom stereocenters. The summed E-state index contributed by atoms with van der Waals surface area (Å²) >= 11 is 0. The second-order valence-corrected chi connectivity index (χ2v) is 21.8. The van der Waals surface area contributed by atoms with E-state index in [0.29, 0.717) is 6.04 Å². The molecule has 0 aromatic heterocycles. The van der Waals surface area contributed by atoms with Crippen molar-refractivity contribution in [3.63, 3.8) is 0 Å². The van der Waals surface area contributed by atoms with E-state index >= 15 is 0 Å². The third-order valence-corrected chi connectivity index (χ3v) is 29.6. The van der Waals surface area contributed by atoms with Gasteiger partial charge in [0.2, 0.25) is 0 Å². The number of hydrogen-bond acceptors (Lipinski definition) is 6. The van der Waals surface area contributed by atoms with Crippen LogP contribution < -0.4 is 0 Å². The van der Waals surface area contributed by atoms with Crippen LogP contribution in [-0.2, 0) is 26.6 Å². The fourth-order valence-corrected chi connectivity index (χ4v) is 29.8. The van der Waals surface area contributed by atoms with Gasteiger partial charge in [-0.3, -0.25) is 0 Å². The molecule has 0 aromatic carbocycles. The van der Waals surface area contributed by atoms with Crippen LogP contribution in [0.25, 0.3) is 0 Å². The van der Waals surface area contributed by atoms with Gasteiger partial charge in [0.25, 0.3) is 0 Å². The predicted octanol–water partition coefficient (Wildman–Crippen LogP) is 1.57. The molecule has 6 nitrogen and oxygen atoms in total. The molecular weight excluding hydrogens is 336 g/mol. The fraction of sp³-hybridized carbons (Fsp3) is 0.538. The first-order valence-electron chi connectivity index (χ1n) is 6.77. The number of rotatable bonds is 8. The Kier molecular flexibility index (Phi) is 6.29. The molecule has 0 radical (unpaired) electrons. The molecule has 0 N–H and O–H groups in total. The van der Waals surface area contributed by atoms with Gasteiger partial charge >= 0.3 is 23.8 Å². The van der Waals surface area contributed by atoms with Crippen molar-refractivity contribution in [2.75, 3.05) is 35.5 Å². The van der Waals surface area contributed by atoms with Crippen LogP contribution in [0.4, 0.5) is 0 Å². The molecule has 1 unspecified atom stereocenters. The van der Waals surface area contributed by atoms with Crippen molar-refractivity contribution in [2.45, 2.75) is 11.6 Å². The molecule has 0 bridgehead atoms. The van der Waals surface area contributed by atoms with E-state index in [4.69, 9.17) is 26.6 Å². The Morgan fingerprint density at radius 3 is 1.64 bits per heavy atom. The normalized spacial score (nSPS) is 28.8. The molecule has 0 amide bonds. The first-order valence-corrected chi connectivity index (χ1v) is 14.5. The highest BCUT2D eigenvalue weighted by Crippen LogP contribution is 2.46. The minimum absolute atomic E-state index is 0.430. The van der Waals surface area contributed by atoms with Gasteiger partial charge in [0.15, 0.2) is 0 Å². The van der Waals surface area contributed by atoms with Crippen LogP contribution in [0.2, 0.25) is 6.04 Å². The maximum atomic E-state index is 6.36. The molecule has 9 heteroatoms. The van der Waals surface area contributed by atoms with E-state index < -0.39 is 29.4 Å². The van der Waals surface area contributed by atoms with Crippen molar-refractivity contribution in [2.24, 2.45) is 0 Å². The molecule has 1 fully saturated rings. The summed E-state index contributed by atoms with van der Waals surface area (Å²) in [6.07, 6.45) is 3.38. The summed E-state index contributed by atoms with van der Waals surface area (Å²) in [4.78, 5) is 0. The average molecular weight is 363 g/mol. The highest BCUT2D eigenvalue weighted by molar-refractivity contribution is 7.61. The highest BCUT2D eigenvalue weighted by atomic mass is 29.7. The second kappa shape index (κ2) is 7.03. The van der Waals surface area contributed by atoms with Gasteiger partial charge in [-0.05, 0) is 5.70 Å². The molecule has 1 saturated heterocycles. The zero-order chi connectivity index (χ0) is 17.1. The van der Waals surface area contributed by atoms with Gasteiger partial charge in [0, 0.05) is 41.6 Å². The Hall–Kier alpha value is -0.369. The van der Waals surface area contributed by atoms with Crippen LogP contribution in [0, 0.1) is 0 Å². The summed E-state index contributed by atoms with van der Waals surface area (Å²) in [6, 6.07) is 0.430. The Bertz CT molecular complexity index is 427. The molecule has 1 heterocycles. The van der Waals surface area contributed by atoms with E-state index in [2.05, 4.69) is 19.7 Å². The molecular formula is C13H26O6Si3. The van der Waals surface area contributed by atoms with Gasteiger partial charge in [-0.15, -0.1) is 6.58 Å². The summed E-state index contributed by atoms with van der Waals surface area (Å²) in [5.74, 6) is 0. The molecule has 1 aliphatic rings. The topological polar surface area (TPSA) is 55.4 Å². The first-order chi connectivity index (χ1) is 10.4.